The zero-order valence-corrected chi connectivity index (χ0v) is 13.5. The molecule has 7 heteroatoms. The molecular weight excluding hydrogens is 313 g/mol. The summed E-state index contributed by atoms with van der Waals surface area (Å²) >= 11 is 0. The van der Waals surface area contributed by atoms with Crippen LogP contribution in [-0.4, -0.2) is 54.2 Å². The van der Waals surface area contributed by atoms with E-state index < -0.39 is 5.41 Å². The van der Waals surface area contributed by atoms with Gasteiger partial charge in [0.05, 0.1) is 12.0 Å². The molecule has 2 aliphatic rings. The van der Waals surface area contributed by atoms with Crippen LogP contribution < -0.4 is 5.32 Å². The zero-order valence-electron chi connectivity index (χ0n) is 13.5. The van der Waals surface area contributed by atoms with Gasteiger partial charge in [0.25, 0.3) is 0 Å². The molecule has 6 nitrogen and oxygen atoms in total. The summed E-state index contributed by atoms with van der Waals surface area (Å²) < 4.78 is 12.9. The second-order valence-corrected chi connectivity index (χ2v) is 6.70. The maximum Gasteiger partial charge on any atom is 0.236 e. The number of carbonyl (C=O) groups is 3. The number of likely N-dealkylation sites (N-methyl/N-ethyl adjacent to an activating group) is 1. The molecule has 1 aromatic rings. The molecule has 2 aliphatic heterocycles. The third-order valence-electron chi connectivity index (χ3n) is 4.71. The van der Waals surface area contributed by atoms with Gasteiger partial charge in [-0.05, 0) is 31.2 Å². The second-order valence-electron chi connectivity index (χ2n) is 6.70. The predicted octanol–water partition coefficient (Wildman–Crippen LogP) is 0.523. The summed E-state index contributed by atoms with van der Waals surface area (Å²) in [5, 5.41) is 2.33. The van der Waals surface area contributed by atoms with Crippen LogP contribution >= 0.6 is 0 Å². The van der Waals surface area contributed by atoms with Crippen molar-refractivity contribution in [2.45, 2.75) is 19.4 Å². The van der Waals surface area contributed by atoms with Crippen molar-refractivity contribution in [3.8, 4) is 0 Å². The average Bonchev–Trinajstić information content (AvgIpc) is 3.06. The number of benzene rings is 1. The molecule has 1 unspecified atom stereocenters. The van der Waals surface area contributed by atoms with Crippen molar-refractivity contribution in [3.05, 3.63) is 35.6 Å². The Bertz CT molecular complexity index is 676. The van der Waals surface area contributed by atoms with Gasteiger partial charge in [-0.15, -0.1) is 0 Å². The zero-order chi connectivity index (χ0) is 17.3. The molecule has 128 valence electrons. The van der Waals surface area contributed by atoms with Crippen molar-refractivity contribution in [1.82, 2.24) is 15.1 Å². The Hall–Kier alpha value is -2.28. The maximum atomic E-state index is 12.9. The molecule has 1 N–H and O–H groups in total. The summed E-state index contributed by atoms with van der Waals surface area (Å²) in [4.78, 5) is 39.3. The molecule has 0 bridgehead atoms. The van der Waals surface area contributed by atoms with Crippen LogP contribution in [0.4, 0.5) is 4.39 Å². The lowest BCUT2D eigenvalue weighted by molar-refractivity contribution is -0.132. The molecule has 2 fully saturated rings. The lowest BCUT2D eigenvalue weighted by atomic mass is 9.85. The smallest absolute Gasteiger partial charge is 0.236 e. The van der Waals surface area contributed by atoms with E-state index in [1.54, 1.807) is 17.0 Å². The monoisotopic (exact) mass is 333 g/mol. The molecule has 24 heavy (non-hydrogen) atoms. The highest BCUT2D eigenvalue weighted by Gasteiger charge is 2.51. The van der Waals surface area contributed by atoms with E-state index in [9.17, 15) is 18.8 Å². The summed E-state index contributed by atoms with van der Waals surface area (Å²) in [6.45, 7) is 1.53. The SMILES string of the molecule is CN(CC(=O)N1CCC2(CC(=O)NC2=O)C1)Cc1ccc(F)cc1. The number of amides is 3. The first-order valence-electron chi connectivity index (χ1n) is 7.93. The third kappa shape index (κ3) is 3.31. The first-order valence-corrected chi connectivity index (χ1v) is 7.93. The molecule has 0 radical (unpaired) electrons. The number of imide groups is 1. The number of rotatable bonds is 4. The minimum Gasteiger partial charge on any atom is -0.340 e. The number of halogens is 1. The van der Waals surface area contributed by atoms with Crippen LogP contribution in [0.25, 0.3) is 0 Å². The lowest BCUT2D eigenvalue weighted by Crippen LogP contribution is -2.40. The maximum absolute atomic E-state index is 12.9. The molecule has 3 amide bonds. The molecule has 1 spiro atoms. The van der Waals surface area contributed by atoms with Gasteiger partial charge in [0, 0.05) is 26.1 Å². The molecule has 3 rings (SSSR count). The van der Waals surface area contributed by atoms with Gasteiger partial charge in [-0.25, -0.2) is 4.39 Å². The summed E-state index contributed by atoms with van der Waals surface area (Å²) in [7, 11) is 1.82. The number of nitrogens with one attached hydrogen (secondary N) is 1. The van der Waals surface area contributed by atoms with Crippen molar-refractivity contribution in [1.29, 1.82) is 0 Å². The molecule has 0 aromatic heterocycles. The fraction of sp³-hybridized carbons (Fsp3) is 0.471. The molecule has 0 saturated carbocycles. The Labute approximate surface area is 139 Å². The highest BCUT2D eigenvalue weighted by Crippen LogP contribution is 2.37. The average molecular weight is 333 g/mol. The van der Waals surface area contributed by atoms with Crippen LogP contribution in [0.15, 0.2) is 24.3 Å². The van der Waals surface area contributed by atoms with E-state index in [4.69, 9.17) is 0 Å². The van der Waals surface area contributed by atoms with E-state index in [0.29, 0.717) is 26.1 Å². The third-order valence-corrected chi connectivity index (χ3v) is 4.71. The second kappa shape index (κ2) is 6.32. The summed E-state index contributed by atoms with van der Waals surface area (Å²) in [5.74, 6) is -0.877. The van der Waals surface area contributed by atoms with Crippen molar-refractivity contribution >= 4 is 17.7 Å². The van der Waals surface area contributed by atoms with Crippen LogP contribution in [0.1, 0.15) is 18.4 Å². The number of nitrogens with zero attached hydrogens (tertiary/aromatic N) is 2. The van der Waals surface area contributed by atoms with Crippen molar-refractivity contribution in [3.63, 3.8) is 0 Å². The highest BCUT2D eigenvalue weighted by molar-refractivity contribution is 6.06. The minimum atomic E-state index is -0.734. The Balaban J connectivity index is 1.55. The van der Waals surface area contributed by atoms with E-state index in [2.05, 4.69) is 5.32 Å². The van der Waals surface area contributed by atoms with Gasteiger partial charge in [-0.1, -0.05) is 12.1 Å². The minimum absolute atomic E-state index is 0.0661. The van der Waals surface area contributed by atoms with E-state index in [1.807, 2.05) is 11.9 Å². The van der Waals surface area contributed by atoms with E-state index >= 15 is 0 Å². The first kappa shape index (κ1) is 16.6. The van der Waals surface area contributed by atoms with Crippen molar-refractivity contribution in [2.24, 2.45) is 5.41 Å². The van der Waals surface area contributed by atoms with Gasteiger partial charge in [0.1, 0.15) is 5.82 Å². The summed E-state index contributed by atoms with van der Waals surface area (Å²) in [6, 6.07) is 6.17. The molecule has 0 aliphatic carbocycles. The quantitative estimate of drug-likeness (QED) is 0.816. The summed E-state index contributed by atoms with van der Waals surface area (Å²) in [6.07, 6.45) is 0.693. The van der Waals surface area contributed by atoms with Crippen LogP contribution in [-0.2, 0) is 20.9 Å². The Morgan fingerprint density at radius 1 is 1.33 bits per heavy atom. The number of likely N-dealkylation sites (tertiary alicyclic amines) is 1. The molecule has 1 atom stereocenters. The van der Waals surface area contributed by atoms with Gasteiger partial charge < -0.3 is 4.90 Å². The Morgan fingerprint density at radius 3 is 2.67 bits per heavy atom. The van der Waals surface area contributed by atoms with E-state index in [0.717, 1.165) is 5.56 Å². The van der Waals surface area contributed by atoms with E-state index in [-0.39, 0.29) is 36.5 Å². The Kier molecular flexibility index (Phi) is 4.36. The van der Waals surface area contributed by atoms with Crippen LogP contribution in [0.3, 0.4) is 0 Å². The lowest BCUT2D eigenvalue weighted by Gasteiger charge is -2.23. The fourth-order valence-electron chi connectivity index (χ4n) is 3.39. The largest absolute Gasteiger partial charge is 0.340 e. The first-order chi connectivity index (χ1) is 11.4. The molecule has 2 heterocycles. The number of hydrogen-bond acceptors (Lipinski definition) is 4. The van der Waals surface area contributed by atoms with Gasteiger partial charge in [0.15, 0.2) is 0 Å². The number of hydrogen-bond donors (Lipinski definition) is 1. The van der Waals surface area contributed by atoms with Gasteiger partial charge in [-0.3, -0.25) is 24.6 Å². The Morgan fingerprint density at radius 2 is 2.04 bits per heavy atom. The highest BCUT2D eigenvalue weighted by atomic mass is 19.1. The number of carbonyl (C=O) groups excluding carboxylic acids is 3. The van der Waals surface area contributed by atoms with Crippen molar-refractivity contribution in [2.75, 3.05) is 26.7 Å². The fourth-order valence-corrected chi connectivity index (χ4v) is 3.39. The van der Waals surface area contributed by atoms with Crippen LogP contribution in [0.5, 0.6) is 0 Å². The van der Waals surface area contributed by atoms with Gasteiger partial charge in [0.2, 0.25) is 17.7 Å². The topological polar surface area (TPSA) is 69.7 Å². The van der Waals surface area contributed by atoms with Crippen LogP contribution in [0, 0.1) is 11.2 Å². The normalized spacial score (nSPS) is 23.4. The van der Waals surface area contributed by atoms with Gasteiger partial charge in [-0.2, -0.15) is 0 Å². The molecular formula is C17H20FN3O3. The van der Waals surface area contributed by atoms with E-state index in [1.165, 1.54) is 12.1 Å². The van der Waals surface area contributed by atoms with Crippen LogP contribution in [0.2, 0.25) is 0 Å². The van der Waals surface area contributed by atoms with Gasteiger partial charge >= 0.3 is 0 Å². The molecule has 2 saturated heterocycles. The molecule has 1 aromatic carbocycles. The van der Waals surface area contributed by atoms with Crippen molar-refractivity contribution < 1.29 is 18.8 Å². The summed E-state index contributed by atoms with van der Waals surface area (Å²) in [5.41, 5.74) is 0.188. The standard InChI is InChI=1S/C17H20FN3O3/c1-20(9-12-2-4-13(18)5-3-12)10-15(23)21-7-6-17(11-21)8-14(22)19-16(17)24/h2-5H,6-11H2,1H3,(H,19,22,24). The predicted molar refractivity (Wildman–Crippen MR) is 84.1 cm³/mol.